The zero-order valence-corrected chi connectivity index (χ0v) is 20.2. The summed E-state index contributed by atoms with van der Waals surface area (Å²) in [6.45, 7) is 4.08. The average Bonchev–Trinajstić information content (AvgIpc) is 3.40. The first kappa shape index (κ1) is 21.1. The van der Waals surface area contributed by atoms with Gasteiger partial charge in [-0.25, -0.2) is 4.98 Å². The van der Waals surface area contributed by atoms with Crippen molar-refractivity contribution in [3.63, 3.8) is 0 Å². The third-order valence-corrected chi connectivity index (χ3v) is 6.97. The van der Waals surface area contributed by atoms with Crippen LogP contribution in [0.25, 0.3) is 22.7 Å². The first-order valence-electron chi connectivity index (χ1n) is 11.2. The first-order chi connectivity index (χ1) is 16.5. The van der Waals surface area contributed by atoms with Gasteiger partial charge in [-0.1, -0.05) is 22.0 Å². The minimum Gasteiger partial charge on any atom is -0.494 e. The van der Waals surface area contributed by atoms with E-state index in [1.54, 1.807) is 0 Å². The highest BCUT2D eigenvalue weighted by molar-refractivity contribution is 9.10. The molecule has 6 rings (SSSR count). The van der Waals surface area contributed by atoms with Gasteiger partial charge in [-0.2, -0.15) is 0 Å². The highest BCUT2D eigenvalue weighted by Crippen LogP contribution is 2.30. The summed E-state index contributed by atoms with van der Waals surface area (Å²) >= 11 is 3.51. The van der Waals surface area contributed by atoms with Crippen LogP contribution in [0.3, 0.4) is 0 Å². The lowest BCUT2D eigenvalue weighted by atomic mass is 10.1. The van der Waals surface area contributed by atoms with E-state index in [0.717, 1.165) is 80.3 Å². The van der Waals surface area contributed by atoms with E-state index in [2.05, 4.69) is 60.1 Å². The average molecular weight is 515 g/mol. The summed E-state index contributed by atoms with van der Waals surface area (Å²) in [6.07, 6.45) is 3.85. The van der Waals surface area contributed by atoms with E-state index >= 15 is 0 Å². The Morgan fingerprint density at radius 1 is 1.00 bits per heavy atom. The van der Waals surface area contributed by atoms with Gasteiger partial charge in [0.15, 0.2) is 5.88 Å². The van der Waals surface area contributed by atoms with Crippen molar-refractivity contribution in [1.29, 1.82) is 0 Å². The van der Waals surface area contributed by atoms with Crippen LogP contribution in [0.15, 0.2) is 69.4 Å². The maximum absolute atomic E-state index is 10.4. The van der Waals surface area contributed by atoms with E-state index in [1.165, 1.54) is 0 Å². The van der Waals surface area contributed by atoms with Gasteiger partial charge in [0.1, 0.15) is 11.5 Å². The number of hydrogen-bond donors (Lipinski definition) is 2. The standard InChI is InChI=1S/C26H23BrN6O/c1-32-8-10-33(11-9-32)24-7-3-17(15-28-24)25-19-5-2-16(13-23(19)30-31-25)12-21-20-14-18(27)4-6-22(20)29-26(21)34/h2-7,12-15,29,34H,8-11H2,1H3. The lowest BCUT2D eigenvalue weighted by Crippen LogP contribution is -2.44. The summed E-state index contributed by atoms with van der Waals surface area (Å²) in [5.41, 5.74) is 4.23. The van der Waals surface area contributed by atoms with Crippen LogP contribution < -0.4 is 15.3 Å². The molecule has 0 bridgehead atoms. The Labute approximate surface area is 204 Å². The van der Waals surface area contributed by atoms with Gasteiger partial charge >= 0.3 is 0 Å². The van der Waals surface area contributed by atoms with E-state index in [0.29, 0.717) is 0 Å². The molecule has 2 aromatic carbocycles. The summed E-state index contributed by atoms with van der Waals surface area (Å²) < 4.78 is 0.961. The molecular formula is C26H23BrN6O. The van der Waals surface area contributed by atoms with Crippen LogP contribution >= 0.6 is 15.9 Å². The van der Waals surface area contributed by atoms with Crippen molar-refractivity contribution in [1.82, 2.24) is 14.9 Å². The molecule has 4 aromatic rings. The summed E-state index contributed by atoms with van der Waals surface area (Å²) in [6, 6.07) is 16.1. The molecule has 0 atom stereocenters. The SMILES string of the molecule is CN1CCN(c2ccc(C3=c4ccc(=Cc5c(O)[nH]c6ccc(Br)cc56)cc4N=N3)cn2)CC1. The Hall–Kier alpha value is -3.49. The maximum atomic E-state index is 10.4. The third kappa shape index (κ3) is 3.78. The monoisotopic (exact) mass is 514 g/mol. The minimum atomic E-state index is 0.147. The maximum Gasteiger partial charge on any atom is 0.196 e. The van der Waals surface area contributed by atoms with E-state index in [-0.39, 0.29) is 5.88 Å². The number of aromatic hydroxyl groups is 1. The zero-order chi connectivity index (χ0) is 23.2. The molecule has 0 unspecified atom stereocenters. The zero-order valence-electron chi connectivity index (χ0n) is 18.7. The van der Waals surface area contributed by atoms with Crippen LogP contribution in [0.5, 0.6) is 5.88 Å². The van der Waals surface area contributed by atoms with Gasteiger partial charge in [-0.3, -0.25) is 0 Å². The van der Waals surface area contributed by atoms with Crippen LogP contribution in [0.1, 0.15) is 11.1 Å². The predicted octanol–water partition coefficient (Wildman–Crippen LogP) is 3.87. The number of nitrogens with one attached hydrogen (secondary N) is 1. The van der Waals surface area contributed by atoms with Crippen molar-refractivity contribution < 1.29 is 5.11 Å². The van der Waals surface area contributed by atoms with Gasteiger partial charge in [0.05, 0.1) is 5.69 Å². The topological polar surface area (TPSA) is 80.1 Å². The number of likely N-dealkylation sites (N-methyl/N-ethyl adjacent to an activating group) is 1. The molecule has 8 heteroatoms. The number of pyridine rings is 1. The summed E-state index contributed by atoms with van der Waals surface area (Å²) in [5.74, 6) is 1.15. The Balaban J connectivity index is 1.34. The Kier molecular flexibility index (Phi) is 5.19. The van der Waals surface area contributed by atoms with Gasteiger partial charge < -0.3 is 19.9 Å². The summed E-state index contributed by atoms with van der Waals surface area (Å²) in [5, 5.41) is 22.2. The van der Waals surface area contributed by atoms with E-state index in [9.17, 15) is 5.11 Å². The van der Waals surface area contributed by atoms with E-state index in [1.807, 2.05) is 48.7 Å². The molecule has 4 heterocycles. The van der Waals surface area contributed by atoms with Gasteiger partial charge in [0.25, 0.3) is 0 Å². The molecule has 0 radical (unpaired) electrons. The van der Waals surface area contributed by atoms with Crippen LogP contribution in [0.2, 0.25) is 0 Å². The summed E-state index contributed by atoms with van der Waals surface area (Å²) in [7, 11) is 2.15. The molecular weight excluding hydrogens is 492 g/mol. The number of hydrogen-bond acceptors (Lipinski definition) is 6. The molecule has 0 aliphatic carbocycles. The first-order valence-corrected chi connectivity index (χ1v) is 12.0. The van der Waals surface area contributed by atoms with Gasteiger partial charge in [0, 0.05) is 64.1 Å². The van der Waals surface area contributed by atoms with Gasteiger partial charge in [-0.05, 0) is 60.8 Å². The molecule has 170 valence electrons. The van der Waals surface area contributed by atoms with Crippen LogP contribution in [0.4, 0.5) is 11.5 Å². The number of aromatic amines is 1. The molecule has 2 aliphatic rings. The minimum absolute atomic E-state index is 0.147. The van der Waals surface area contributed by atoms with Crippen molar-refractivity contribution >= 4 is 50.1 Å². The van der Waals surface area contributed by atoms with Crippen molar-refractivity contribution in [3.05, 3.63) is 80.8 Å². The molecule has 0 amide bonds. The second-order valence-electron chi connectivity index (χ2n) is 8.74. The number of halogens is 1. The van der Waals surface area contributed by atoms with E-state index < -0.39 is 0 Å². The number of azo groups is 1. The molecule has 7 nitrogen and oxygen atoms in total. The lowest BCUT2D eigenvalue weighted by Gasteiger charge is -2.33. The van der Waals surface area contributed by atoms with Crippen LogP contribution in [-0.4, -0.2) is 53.2 Å². The lowest BCUT2D eigenvalue weighted by molar-refractivity contribution is 0.312. The second-order valence-corrected chi connectivity index (χ2v) is 9.66. The van der Waals surface area contributed by atoms with Crippen molar-refractivity contribution in [2.75, 3.05) is 38.1 Å². The fraction of sp³-hybridized carbons (Fsp3) is 0.192. The van der Waals surface area contributed by atoms with Crippen molar-refractivity contribution in [2.45, 2.75) is 0 Å². The molecule has 1 fully saturated rings. The third-order valence-electron chi connectivity index (χ3n) is 6.47. The number of fused-ring (bicyclic) bond motifs is 2. The van der Waals surface area contributed by atoms with Crippen LogP contribution in [0, 0.1) is 0 Å². The quantitative estimate of drug-likeness (QED) is 0.435. The van der Waals surface area contributed by atoms with Gasteiger partial charge in [-0.15, -0.1) is 10.2 Å². The number of aromatic nitrogens is 2. The highest BCUT2D eigenvalue weighted by atomic mass is 79.9. The molecule has 34 heavy (non-hydrogen) atoms. The smallest absolute Gasteiger partial charge is 0.196 e. The molecule has 2 aromatic heterocycles. The number of nitrogens with zero attached hydrogens (tertiary/aromatic N) is 5. The normalized spacial score (nSPS) is 16.6. The molecule has 2 aliphatic heterocycles. The number of benzene rings is 2. The summed E-state index contributed by atoms with van der Waals surface area (Å²) in [4.78, 5) is 12.4. The number of piperazine rings is 1. The van der Waals surface area contributed by atoms with Crippen molar-refractivity contribution in [2.24, 2.45) is 10.2 Å². The number of H-pyrrole nitrogens is 1. The Morgan fingerprint density at radius 3 is 2.65 bits per heavy atom. The fourth-order valence-corrected chi connectivity index (χ4v) is 4.89. The molecule has 2 N–H and O–H groups in total. The van der Waals surface area contributed by atoms with Gasteiger partial charge in [0.2, 0.25) is 0 Å². The van der Waals surface area contributed by atoms with E-state index in [4.69, 9.17) is 4.98 Å². The molecule has 0 spiro atoms. The Bertz CT molecular complexity index is 1550. The number of rotatable bonds is 3. The molecule has 1 saturated heterocycles. The predicted molar refractivity (Wildman–Crippen MR) is 138 cm³/mol. The van der Waals surface area contributed by atoms with Crippen LogP contribution in [-0.2, 0) is 0 Å². The second kappa shape index (κ2) is 8.38. The van der Waals surface area contributed by atoms with Crippen molar-refractivity contribution in [3.8, 4) is 5.88 Å². The number of anilines is 1. The molecule has 0 saturated carbocycles. The fourth-order valence-electron chi connectivity index (χ4n) is 4.52. The Morgan fingerprint density at radius 2 is 1.85 bits per heavy atom. The largest absolute Gasteiger partial charge is 0.494 e. The highest BCUT2D eigenvalue weighted by Gasteiger charge is 2.17.